The Morgan fingerprint density at radius 1 is 1.44 bits per heavy atom. The van der Waals surface area contributed by atoms with E-state index in [1.165, 1.54) is 0 Å². The van der Waals surface area contributed by atoms with Crippen LogP contribution < -0.4 is 5.73 Å². The lowest BCUT2D eigenvalue weighted by molar-refractivity contribution is 0.497. The highest BCUT2D eigenvalue weighted by atomic mass is 32.1. The highest BCUT2D eigenvalue weighted by Crippen LogP contribution is 2.23. The lowest BCUT2D eigenvalue weighted by Crippen LogP contribution is -2.13. The smallest absolute Gasteiger partial charge is 0.105 e. The van der Waals surface area contributed by atoms with Crippen molar-refractivity contribution in [1.82, 2.24) is 4.98 Å². The first-order valence-corrected chi connectivity index (χ1v) is 6.17. The van der Waals surface area contributed by atoms with Crippen LogP contribution in [-0.4, -0.2) is 4.98 Å². The number of nitrogens with two attached hydrogens (primary N) is 1. The summed E-state index contributed by atoms with van der Waals surface area (Å²) in [5.74, 6) is 1.83. The largest absolute Gasteiger partial charge is 0.466 e. The maximum Gasteiger partial charge on any atom is 0.105 e. The molecule has 2 heterocycles. The minimum absolute atomic E-state index is 0.0288. The highest BCUT2D eigenvalue weighted by molar-refractivity contribution is 7.09. The van der Waals surface area contributed by atoms with Gasteiger partial charge in [-0.2, -0.15) is 0 Å². The Balaban J connectivity index is 2.14. The van der Waals surface area contributed by atoms with Crippen molar-refractivity contribution in [2.75, 3.05) is 0 Å². The van der Waals surface area contributed by atoms with Crippen molar-refractivity contribution < 1.29 is 4.42 Å². The summed E-state index contributed by atoms with van der Waals surface area (Å²) in [6.45, 7) is 5.90. The van der Waals surface area contributed by atoms with Gasteiger partial charge in [0.2, 0.25) is 0 Å². The molecule has 1 unspecified atom stereocenters. The molecule has 0 bridgehead atoms. The molecule has 0 aliphatic rings. The molecule has 3 nitrogen and oxygen atoms in total. The predicted molar refractivity (Wildman–Crippen MR) is 65.7 cm³/mol. The molecule has 0 saturated heterocycles. The minimum Gasteiger partial charge on any atom is -0.466 e. The van der Waals surface area contributed by atoms with E-state index in [2.05, 4.69) is 10.4 Å². The van der Waals surface area contributed by atoms with Crippen molar-refractivity contribution in [2.45, 2.75) is 33.2 Å². The Morgan fingerprint density at radius 2 is 2.19 bits per heavy atom. The van der Waals surface area contributed by atoms with Crippen LogP contribution in [0.3, 0.4) is 0 Å². The van der Waals surface area contributed by atoms with Crippen molar-refractivity contribution in [3.05, 3.63) is 39.2 Å². The molecule has 0 spiro atoms. The van der Waals surface area contributed by atoms with Crippen LogP contribution in [0.1, 0.15) is 33.8 Å². The first-order chi connectivity index (χ1) is 7.56. The molecular weight excluding hydrogens is 220 g/mol. The van der Waals surface area contributed by atoms with E-state index in [1.54, 1.807) is 11.3 Å². The normalized spacial score (nSPS) is 13.0. The van der Waals surface area contributed by atoms with Crippen LogP contribution in [0, 0.1) is 20.8 Å². The number of furan rings is 1. The highest BCUT2D eigenvalue weighted by Gasteiger charge is 2.14. The third-order valence-electron chi connectivity index (χ3n) is 2.57. The molecule has 0 aliphatic carbocycles. The van der Waals surface area contributed by atoms with Gasteiger partial charge < -0.3 is 10.2 Å². The topological polar surface area (TPSA) is 52.0 Å². The zero-order valence-electron chi connectivity index (χ0n) is 9.78. The van der Waals surface area contributed by atoms with E-state index in [1.807, 2.05) is 26.8 Å². The summed E-state index contributed by atoms with van der Waals surface area (Å²) in [6, 6.07) is 1.98. The summed E-state index contributed by atoms with van der Waals surface area (Å²) in [6.07, 6.45) is 0.768. The van der Waals surface area contributed by atoms with E-state index in [0.29, 0.717) is 0 Å². The van der Waals surface area contributed by atoms with Gasteiger partial charge >= 0.3 is 0 Å². The maximum absolute atomic E-state index is 6.16. The summed E-state index contributed by atoms with van der Waals surface area (Å²) in [5.41, 5.74) is 8.30. The molecule has 0 radical (unpaired) electrons. The summed E-state index contributed by atoms with van der Waals surface area (Å²) < 4.78 is 5.48. The van der Waals surface area contributed by atoms with Gasteiger partial charge in [-0.15, -0.1) is 11.3 Å². The SMILES string of the molecule is Cc1cc(C(N)Cc2csc(C)n2)c(C)o1. The van der Waals surface area contributed by atoms with Gasteiger partial charge in [0.1, 0.15) is 11.5 Å². The predicted octanol–water partition coefficient (Wildman–Crippen LogP) is 2.90. The van der Waals surface area contributed by atoms with Crippen molar-refractivity contribution in [3.8, 4) is 0 Å². The van der Waals surface area contributed by atoms with Crippen LogP contribution in [0.4, 0.5) is 0 Å². The van der Waals surface area contributed by atoms with Crippen LogP contribution >= 0.6 is 11.3 Å². The molecule has 0 aliphatic heterocycles. The van der Waals surface area contributed by atoms with E-state index >= 15 is 0 Å². The Bertz CT molecular complexity index is 487. The average molecular weight is 236 g/mol. The lowest BCUT2D eigenvalue weighted by Gasteiger charge is -2.08. The fourth-order valence-corrected chi connectivity index (χ4v) is 2.48. The number of nitrogens with zero attached hydrogens (tertiary/aromatic N) is 1. The molecule has 2 rings (SSSR count). The van der Waals surface area contributed by atoms with E-state index in [0.717, 1.165) is 34.2 Å². The van der Waals surface area contributed by atoms with Gasteiger partial charge in [-0.25, -0.2) is 4.98 Å². The van der Waals surface area contributed by atoms with E-state index in [4.69, 9.17) is 10.2 Å². The standard InChI is InChI=1S/C12H16N2OS/c1-7-4-11(8(2)15-7)12(13)5-10-6-16-9(3)14-10/h4,6,12H,5,13H2,1-3H3. The Morgan fingerprint density at radius 3 is 2.69 bits per heavy atom. The fraction of sp³-hybridized carbons (Fsp3) is 0.417. The van der Waals surface area contributed by atoms with Gasteiger partial charge in [0.15, 0.2) is 0 Å². The van der Waals surface area contributed by atoms with Gasteiger partial charge in [-0.1, -0.05) is 0 Å². The molecule has 0 saturated carbocycles. The Labute approximate surface area is 99.3 Å². The number of hydrogen-bond acceptors (Lipinski definition) is 4. The third kappa shape index (κ3) is 2.33. The van der Waals surface area contributed by atoms with Gasteiger partial charge in [0.05, 0.1) is 10.7 Å². The summed E-state index contributed by atoms with van der Waals surface area (Å²) in [5, 5.41) is 3.15. The lowest BCUT2D eigenvalue weighted by atomic mass is 10.0. The number of thiazole rings is 1. The van der Waals surface area contributed by atoms with Gasteiger partial charge in [-0.3, -0.25) is 0 Å². The second-order valence-electron chi connectivity index (χ2n) is 4.04. The number of aromatic nitrogens is 1. The fourth-order valence-electron chi connectivity index (χ4n) is 1.86. The van der Waals surface area contributed by atoms with Crippen molar-refractivity contribution in [2.24, 2.45) is 5.73 Å². The van der Waals surface area contributed by atoms with Crippen LogP contribution in [0.5, 0.6) is 0 Å². The van der Waals surface area contributed by atoms with Gasteiger partial charge in [0.25, 0.3) is 0 Å². The number of rotatable bonds is 3. The second kappa shape index (κ2) is 4.39. The maximum atomic E-state index is 6.16. The quantitative estimate of drug-likeness (QED) is 0.891. The van der Waals surface area contributed by atoms with Crippen LogP contribution in [0.2, 0.25) is 0 Å². The van der Waals surface area contributed by atoms with Gasteiger partial charge in [-0.05, 0) is 26.8 Å². The van der Waals surface area contributed by atoms with Gasteiger partial charge in [0, 0.05) is 23.4 Å². The third-order valence-corrected chi connectivity index (χ3v) is 3.40. The van der Waals surface area contributed by atoms with Crippen molar-refractivity contribution in [1.29, 1.82) is 0 Å². The first kappa shape index (κ1) is 11.4. The molecule has 16 heavy (non-hydrogen) atoms. The Kier molecular flexibility index (Phi) is 3.12. The van der Waals surface area contributed by atoms with E-state index in [9.17, 15) is 0 Å². The molecule has 0 aromatic carbocycles. The van der Waals surface area contributed by atoms with Crippen LogP contribution in [0.25, 0.3) is 0 Å². The average Bonchev–Trinajstić information content (AvgIpc) is 2.73. The molecule has 0 fully saturated rings. The molecule has 2 N–H and O–H groups in total. The molecule has 2 aromatic rings. The summed E-state index contributed by atoms with van der Waals surface area (Å²) >= 11 is 1.66. The molecule has 2 aromatic heterocycles. The molecular formula is C12H16N2OS. The summed E-state index contributed by atoms with van der Waals surface area (Å²) in [4.78, 5) is 4.42. The van der Waals surface area contributed by atoms with Crippen LogP contribution in [0.15, 0.2) is 15.9 Å². The monoisotopic (exact) mass is 236 g/mol. The van der Waals surface area contributed by atoms with E-state index in [-0.39, 0.29) is 6.04 Å². The molecule has 4 heteroatoms. The Hall–Kier alpha value is -1.13. The zero-order valence-corrected chi connectivity index (χ0v) is 10.6. The minimum atomic E-state index is -0.0288. The zero-order chi connectivity index (χ0) is 11.7. The van der Waals surface area contributed by atoms with Crippen molar-refractivity contribution in [3.63, 3.8) is 0 Å². The second-order valence-corrected chi connectivity index (χ2v) is 5.10. The number of aryl methyl sites for hydroxylation is 3. The molecule has 86 valence electrons. The molecule has 0 amide bonds. The molecule has 1 atom stereocenters. The van der Waals surface area contributed by atoms with Crippen molar-refractivity contribution >= 4 is 11.3 Å². The van der Waals surface area contributed by atoms with E-state index < -0.39 is 0 Å². The van der Waals surface area contributed by atoms with Crippen LogP contribution in [-0.2, 0) is 6.42 Å². The first-order valence-electron chi connectivity index (χ1n) is 5.30. The summed E-state index contributed by atoms with van der Waals surface area (Å²) in [7, 11) is 0. The number of hydrogen-bond donors (Lipinski definition) is 1.